The van der Waals surface area contributed by atoms with Crippen LogP contribution in [-0.2, 0) is 6.42 Å². The van der Waals surface area contributed by atoms with E-state index in [0.29, 0.717) is 6.42 Å². The highest BCUT2D eigenvalue weighted by Gasteiger charge is 2.11. The van der Waals surface area contributed by atoms with Crippen molar-refractivity contribution in [2.75, 3.05) is 0 Å². The molecule has 0 amide bonds. The average molecular weight is 374 g/mol. The quantitative estimate of drug-likeness (QED) is 0.883. The third-order valence-electron chi connectivity index (χ3n) is 2.59. The van der Waals surface area contributed by atoms with Gasteiger partial charge in [-0.1, -0.05) is 22.0 Å². The highest BCUT2D eigenvalue weighted by Crippen LogP contribution is 2.23. The molecule has 18 heavy (non-hydrogen) atoms. The minimum Gasteiger partial charge on any atom is -0.322 e. The predicted molar refractivity (Wildman–Crippen MR) is 76.7 cm³/mol. The molecular formula is C13H11Br2FN2. The Morgan fingerprint density at radius 2 is 2.00 bits per heavy atom. The first-order chi connectivity index (χ1) is 8.56. The molecular weight excluding hydrogens is 363 g/mol. The van der Waals surface area contributed by atoms with Crippen molar-refractivity contribution in [1.29, 1.82) is 0 Å². The molecule has 5 heteroatoms. The van der Waals surface area contributed by atoms with Gasteiger partial charge in [0, 0.05) is 15.1 Å². The van der Waals surface area contributed by atoms with Gasteiger partial charge in [0.15, 0.2) is 0 Å². The smallest absolute Gasteiger partial charge is 0.124 e. The lowest BCUT2D eigenvalue weighted by Gasteiger charge is -2.12. The largest absolute Gasteiger partial charge is 0.322 e. The van der Waals surface area contributed by atoms with Crippen LogP contribution in [0.4, 0.5) is 4.39 Å². The van der Waals surface area contributed by atoms with Crippen molar-refractivity contribution in [1.82, 2.24) is 4.98 Å². The zero-order valence-electron chi connectivity index (χ0n) is 9.41. The van der Waals surface area contributed by atoms with Gasteiger partial charge >= 0.3 is 0 Å². The maximum absolute atomic E-state index is 13.0. The molecule has 0 saturated carbocycles. The predicted octanol–water partition coefficient (Wildman–Crippen LogP) is 3.99. The number of rotatable bonds is 3. The molecule has 0 bridgehead atoms. The lowest BCUT2D eigenvalue weighted by atomic mass is 10.0. The summed E-state index contributed by atoms with van der Waals surface area (Å²) in [5.74, 6) is -0.263. The van der Waals surface area contributed by atoms with Crippen LogP contribution >= 0.6 is 31.9 Å². The van der Waals surface area contributed by atoms with E-state index in [9.17, 15) is 4.39 Å². The summed E-state index contributed by atoms with van der Waals surface area (Å²) >= 11 is 6.66. The van der Waals surface area contributed by atoms with Crippen LogP contribution in [-0.4, -0.2) is 4.98 Å². The van der Waals surface area contributed by atoms with Crippen molar-refractivity contribution in [3.05, 3.63) is 62.5 Å². The van der Waals surface area contributed by atoms with Gasteiger partial charge in [-0.15, -0.1) is 0 Å². The third kappa shape index (κ3) is 3.37. The summed E-state index contributed by atoms with van der Waals surface area (Å²) < 4.78 is 14.6. The van der Waals surface area contributed by atoms with Gasteiger partial charge in [-0.2, -0.15) is 0 Å². The van der Waals surface area contributed by atoms with Gasteiger partial charge in [0.25, 0.3) is 0 Å². The van der Waals surface area contributed by atoms with Crippen LogP contribution in [0.3, 0.4) is 0 Å². The molecule has 1 atom stereocenters. The van der Waals surface area contributed by atoms with Crippen LogP contribution in [0.1, 0.15) is 17.3 Å². The molecule has 2 aromatic rings. The van der Waals surface area contributed by atoms with Gasteiger partial charge < -0.3 is 5.73 Å². The number of hydrogen-bond acceptors (Lipinski definition) is 2. The molecule has 94 valence electrons. The van der Waals surface area contributed by atoms with Gasteiger partial charge in [0.2, 0.25) is 0 Å². The maximum atomic E-state index is 13.0. The summed E-state index contributed by atoms with van der Waals surface area (Å²) in [6.07, 6.45) is 2.32. The summed E-state index contributed by atoms with van der Waals surface area (Å²) in [7, 11) is 0. The van der Waals surface area contributed by atoms with Crippen molar-refractivity contribution >= 4 is 31.9 Å². The Kier molecular flexibility index (Phi) is 4.48. The van der Waals surface area contributed by atoms with Gasteiger partial charge in [-0.05, 0) is 52.2 Å². The fourth-order valence-corrected chi connectivity index (χ4v) is 2.38. The number of nitrogens with zero attached hydrogens (tertiary/aromatic N) is 1. The van der Waals surface area contributed by atoms with Gasteiger partial charge in [0.05, 0.1) is 11.7 Å². The molecule has 0 spiro atoms. The van der Waals surface area contributed by atoms with Crippen LogP contribution in [0.2, 0.25) is 0 Å². The summed E-state index contributed by atoms with van der Waals surface area (Å²) in [6, 6.07) is 8.19. The standard InChI is InChI=1S/C13H11Br2FN2/c14-9-2-4-13(18-7-9)12(17)5-8-1-3-10(16)6-11(8)15/h1-4,6-7,12H,5,17H2. The SMILES string of the molecule is NC(Cc1ccc(F)cc1Br)c1ccc(Br)cn1. The van der Waals surface area contributed by atoms with Crippen LogP contribution in [0.25, 0.3) is 0 Å². The van der Waals surface area contributed by atoms with Crippen LogP contribution in [0.15, 0.2) is 45.5 Å². The first kappa shape index (κ1) is 13.6. The lowest BCUT2D eigenvalue weighted by Crippen LogP contribution is -2.15. The fourth-order valence-electron chi connectivity index (χ4n) is 1.64. The first-order valence-electron chi connectivity index (χ1n) is 5.37. The van der Waals surface area contributed by atoms with Crippen molar-refractivity contribution in [3.8, 4) is 0 Å². The molecule has 1 heterocycles. The number of benzene rings is 1. The van der Waals surface area contributed by atoms with Gasteiger partial charge in [-0.25, -0.2) is 4.39 Å². The Bertz CT molecular complexity index is 543. The molecule has 1 aromatic heterocycles. The molecule has 2 N–H and O–H groups in total. The number of aromatic nitrogens is 1. The maximum Gasteiger partial charge on any atom is 0.124 e. The van der Waals surface area contributed by atoms with E-state index in [1.54, 1.807) is 12.3 Å². The third-order valence-corrected chi connectivity index (χ3v) is 3.79. The van der Waals surface area contributed by atoms with Crippen LogP contribution in [0.5, 0.6) is 0 Å². The molecule has 0 saturated heterocycles. The molecule has 0 fully saturated rings. The minimum absolute atomic E-state index is 0.208. The van der Waals surface area contributed by atoms with E-state index in [2.05, 4.69) is 36.8 Å². The van der Waals surface area contributed by atoms with Crippen molar-refractivity contribution in [2.24, 2.45) is 5.73 Å². The molecule has 2 nitrogen and oxygen atoms in total. The molecule has 0 aliphatic heterocycles. The number of nitrogens with two attached hydrogens (primary N) is 1. The summed E-state index contributed by atoms with van der Waals surface area (Å²) in [5.41, 5.74) is 7.87. The Morgan fingerprint density at radius 3 is 2.61 bits per heavy atom. The second-order valence-corrected chi connectivity index (χ2v) is 5.72. The second-order valence-electron chi connectivity index (χ2n) is 3.95. The van der Waals surface area contributed by atoms with E-state index < -0.39 is 0 Å². The van der Waals surface area contributed by atoms with E-state index in [1.807, 2.05) is 12.1 Å². The minimum atomic E-state index is -0.263. The monoisotopic (exact) mass is 372 g/mol. The first-order valence-corrected chi connectivity index (χ1v) is 6.96. The van der Waals surface area contributed by atoms with Crippen LogP contribution < -0.4 is 5.73 Å². The highest BCUT2D eigenvalue weighted by molar-refractivity contribution is 9.10. The molecule has 0 radical (unpaired) electrons. The summed E-state index contributed by atoms with van der Waals surface area (Å²) in [5, 5.41) is 0. The molecule has 0 aliphatic rings. The Balaban J connectivity index is 2.15. The van der Waals surface area contributed by atoms with Crippen molar-refractivity contribution in [2.45, 2.75) is 12.5 Å². The number of halogens is 3. The summed E-state index contributed by atoms with van der Waals surface area (Å²) in [4.78, 5) is 4.26. The highest BCUT2D eigenvalue weighted by atomic mass is 79.9. The summed E-state index contributed by atoms with van der Waals surface area (Å²) in [6.45, 7) is 0. The average Bonchev–Trinajstić information content (AvgIpc) is 2.33. The molecule has 2 rings (SSSR count). The zero-order valence-corrected chi connectivity index (χ0v) is 12.6. The topological polar surface area (TPSA) is 38.9 Å². The van der Waals surface area contributed by atoms with E-state index in [-0.39, 0.29) is 11.9 Å². The van der Waals surface area contributed by atoms with Crippen molar-refractivity contribution < 1.29 is 4.39 Å². The van der Waals surface area contributed by atoms with Crippen LogP contribution in [0, 0.1) is 5.82 Å². The molecule has 1 aromatic carbocycles. The second kappa shape index (κ2) is 5.91. The van der Waals surface area contributed by atoms with E-state index in [0.717, 1.165) is 20.2 Å². The number of hydrogen-bond donors (Lipinski definition) is 1. The lowest BCUT2D eigenvalue weighted by molar-refractivity contribution is 0.623. The Labute approximate surface area is 122 Å². The molecule has 1 unspecified atom stereocenters. The zero-order chi connectivity index (χ0) is 13.1. The van der Waals surface area contributed by atoms with E-state index >= 15 is 0 Å². The van der Waals surface area contributed by atoms with E-state index in [4.69, 9.17) is 5.73 Å². The Morgan fingerprint density at radius 1 is 1.22 bits per heavy atom. The van der Waals surface area contributed by atoms with Crippen molar-refractivity contribution in [3.63, 3.8) is 0 Å². The molecule has 0 aliphatic carbocycles. The normalized spacial score (nSPS) is 12.4. The Hall–Kier alpha value is -0.780. The van der Waals surface area contributed by atoms with E-state index in [1.165, 1.54) is 12.1 Å². The van der Waals surface area contributed by atoms with Gasteiger partial charge in [0.1, 0.15) is 5.82 Å². The number of pyridine rings is 1. The van der Waals surface area contributed by atoms with Gasteiger partial charge in [-0.3, -0.25) is 4.98 Å². The fraction of sp³-hybridized carbons (Fsp3) is 0.154.